The largest absolute Gasteiger partial charge is 0.356 e. The van der Waals surface area contributed by atoms with Gasteiger partial charge in [0.2, 0.25) is 0 Å². The molecule has 2 heterocycles. The number of halogens is 1. The summed E-state index contributed by atoms with van der Waals surface area (Å²) in [7, 11) is 1.89. The standard InChI is InChI=1S/C25H43N5.HI/c1-21-11-16-29(17-12-21)15-8-7-14-27-25(26-3)28-24-13-18-30(22(2)19-24)20-23-9-5-4-6-10-23;/h4-6,9-10,21-22,24H,7-8,11-20H2,1-3H3,(H2,26,27,28);1H. The van der Waals surface area contributed by atoms with Gasteiger partial charge in [-0.25, -0.2) is 0 Å². The van der Waals surface area contributed by atoms with Crippen molar-refractivity contribution in [1.29, 1.82) is 0 Å². The smallest absolute Gasteiger partial charge is 0.191 e. The predicted molar refractivity (Wildman–Crippen MR) is 143 cm³/mol. The Morgan fingerprint density at radius 1 is 1.03 bits per heavy atom. The average Bonchev–Trinajstić information content (AvgIpc) is 2.76. The number of piperidine rings is 2. The molecule has 0 aromatic heterocycles. The number of hydrogen-bond acceptors (Lipinski definition) is 3. The third-order valence-electron chi connectivity index (χ3n) is 6.88. The fraction of sp³-hybridized carbons (Fsp3) is 0.720. The number of nitrogens with one attached hydrogen (secondary N) is 2. The van der Waals surface area contributed by atoms with Gasteiger partial charge in [-0.2, -0.15) is 0 Å². The molecule has 2 N–H and O–H groups in total. The van der Waals surface area contributed by atoms with Crippen LogP contribution in [0, 0.1) is 5.92 Å². The van der Waals surface area contributed by atoms with E-state index in [-0.39, 0.29) is 24.0 Å². The summed E-state index contributed by atoms with van der Waals surface area (Å²) in [6, 6.07) is 11.9. The lowest BCUT2D eigenvalue weighted by Gasteiger charge is -2.38. The zero-order valence-electron chi connectivity index (χ0n) is 19.9. The Kier molecular flexibility index (Phi) is 12.2. The Hall–Kier alpha value is -0.860. The minimum Gasteiger partial charge on any atom is -0.356 e. The summed E-state index contributed by atoms with van der Waals surface area (Å²) in [6.07, 6.45) is 7.56. The second kappa shape index (κ2) is 14.3. The molecule has 2 aliphatic heterocycles. The van der Waals surface area contributed by atoms with Crippen LogP contribution in [-0.4, -0.2) is 67.6 Å². The lowest BCUT2D eigenvalue weighted by atomic mass is 9.97. The predicted octanol–water partition coefficient (Wildman–Crippen LogP) is 4.33. The van der Waals surface area contributed by atoms with Crippen LogP contribution in [0.4, 0.5) is 0 Å². The van der Waals surface area contributed by atoms with Gasteiger partial charge in [-0.1, -0.05) is 37.3 Å². The van der Waals surface area contributed by atoms with Crippen LogP contribution in [0.25, 0.3) is 0 Å². The molecule has 176 valence electrons. The Labute approximate surface area is 207 Å². The van der Waals surface area contributed by atoms with Crippen molar-refractivity contribution in [2.75, 3.05) is 39.8 Å². The second-order valence-electron chi connectivity index (χ2n) is 9.40. The molecule has 1 aromatic carbocycles. The molecule has 1 aromatic rings. The van der Waals surface area contributed by atoms with E-state index in [1.165, 1.54) is 63.7 Å². The highest BCUT2D eigenvalue weighted by Crippen LogP contribution is 2.20. The van der Waals surface area contributed by atoms with Crippen LogP contribution in [0.5, 0.6) is 0 Å². The first kappa shape index (κ1) is 26.4. The third-order valence-corrected chi connectivity index (χ3v) is 6.88. The van der Waals surface area contributed by atoms with Crippen molar-refractivity contribution in [2.24, 2.45) is 10.9 Å². The molecule has 2 saturated heterocycles. The van der Waals surface area contributed by atoms with E-state index in [1.54, 1.807) is 0 Å². The van der Waals surface area contributed by atoms with Gasteiger partial charge < -0.3 is 15.5 Å². The van der Waals surface area contributed by atoms with E-state index in [2.05, 4.69) is 69.6 Å². The van der Waals surface area contributed by atoms with E-state index in [1.807, 2.05) is 7.05 Å². The minimum absolute atomic E-state index is 0. The molecule has 2 unspecified atom stereocenters. The molecular formula is C25H44IN5. The normalized spacial score (nSPS) is 23.9. The minimum atomic E-state index is 0. The van der Waals surface area contributed by atoms with E-state index in [0.717, 1.165) is 31.5 Å². The number of benzene rings is 1. The molecule has 0 radical (unpaired) electrons. The van der Waals surface area contributed by atoms with Gasteiger partial charge in [-0.05, 0) is 76.6 Å². The molecule has 2 atom stereocenters. The Morgan fingerprint density at radius 2 is 1.77 bits per heavy atom. The van der Waals surface area contributed by atoms with E-state index in [4.69, 9.17) is 0 Å². The Balaban J connectivity index is 0.00000341. The fourth-order valence-electron chi connectivity index (χ4n) is 4.75. The van der Waals surface area contributed by atoms with Crippen LogP contribution in [0.1, 0.15) is 57.9 Å². The summed E-state index contributed by atoms with van der Waals surface area (Å²) in [5.74, 6) is 1.89. The van der Waals surface area contributed by atoms with Crippen molar-refractivity contribution in [3.63, 3.8) is 0 Å². The van der Waals surface area contributed by atoms with E-state index >= 15 is 0 Å². The fourth-order valence-corrected chi connectivity index (χ4v) is 4.75. The molecule has 0 amide bonds. The van der Waals surface area contributed by atoms with Gasteiger partial charge in [0, 0.05) is 38.8 Å². The Bertz CT molecular complexity index is 630. The van der Waals surface area contributed by atoms with Gasteiger partial charge in [0.05, 0.1) is 0 Å². The van der Waals surface area contributed by atoms with Crippen molar-refractivity contribution in [2.45, 2.75) is 71.0 Å². The van der Waals surface area contributed by atoms with Gasteiger partial charge in [0.15, 0.2) is 5.96 Å². The number of rotatable bonds is 8. The van der Waals surface area contributed by atoms with Crippen LogP contribution in [0.15, 0.2) is 35.3 Å². The van der Waals surface area contributed by atoms with E-state index in [0.29, 0.717) is 12.1 Å². The molecule has 0 saturated carbocycles. The lowest BCUT2D eigenvalue weighted by molar-refractivity contribution is 0.134. The second-order valence-corrected chi connectivity index (χ2v) is 9.40. The van der Waals surface area contributed by atoms with Crippen LogP contribution in [0.3, 0.4) is 0 Å². The SMILES string of the molecule is CN=C(NCCCCN1CCC(C)CC1)NC1CCN(Cc2ccccc2)C(C)C1.I. The zero-order chi connectivity index (χ0) is 21.2. The third kappa shape index (κ3) is 9.26. The van der Waals surface area contributed by atoms with Gasteiger partial charge in [-0.15, -0.1) is 24.0 Å². The van der Waals surface area contributed by atoms with Crippen LogP contribution < -0.4 is 10.6 Å². The maximum atomic E-state index is 4.46. The molecule has 31 heavy (non-hydrogen) atoms. The quantitative estimate of drug-likeness (QED) is 0.223. The number of guanidine groups is 1. The number of likely N-dealkylation sites (tertiary alicyclic amines) is 2. The van der Waals surface area contributed by atoms with Crippen molar-refractivity contribution >= 4 is 29.9 Å². The molecule has 6 heteroatoms. The van der Waals surface area contributed by atoms with Crippen LogP contribution in [0.2, 0.25) is 0 Å². The van der Waals surface area contributed by atoms with Crippen molar-refractivity contribution in [1.82, 2.24) is 20.4 Å². The number of nitrogens with zero attached hydrogens (tertiary/aromatic N) is 3. The highest BCUT2D eigenvalue weighted by molar-refractivity contribution is 14.0. The first-order valence-corrected chi connectivity index (χ1v) is 12.1. The van der Waals surface area contributed by atoms with Crippen LogP contribution in [-0.2, 0) is 6.54 Å². The first-order chi connectivity index (χ1) is 14.6. The van der Waals surface area contributed by atoms with Gasteiger partial charge in [0.25, 0.3) is 0 Å². The topological polar surface area (TPSA) is 42.9 Å². The Morgan fingerprint density at radius 3 is 2.45 bits per heavy atom. The number of unbranched alkanes of at least 4 members (excludes halogenated alkanes) is 1. The highest BCUT2D eigenvalue weighted by Gasteiger charge is 2.25. The molecule has 0 spiro atoms. The summed E-state index contributed by atoms with van der Waals surface area (Å²) in [4.78, 5) is 9.70. The molecule has 2 fully saturated rings. The maximum absolute atomic E-state index is 4.46. The molecule has 2 aliphatic rings. The summed E-state index contributed by atoms with van der Waals surface area (Å²) >= 11 is 0. The van der Waals surface area contributed by atoms with Gasteiger partial charge in [-0.3, -0.25) is 9.89 Å². The molecular weight excluding hydrogens is 497 g/mol. The van der Waals surface area contributed by atoms with Gasteiger partial charge >= 0.3 is 0 Å². The van der Waals surface area contributed by atoms with E-state index in [9.17, 15) is 0 Å². The molecule has 0 aliphatic carbocycles. The molecule has 0 bridgehead atoms. The van der Waals surface area contributed by atoms with Crippen molar-refractivity contribution in [3.05, 3.63) is 35.9 Å². The van der Waals surface area contributed by atoms with E-state index < -0.39 is 0 Å². The zero-order valence-corrected chi connectivity index (χ0v) is 22.2. The first-order valence-electron chi connectivity index (χ1n) is 12.1. The van der Waals surface area contributed by atoms with Crippen LogP contribution >= 0.6 is 24.0 Å². The summed E-state index contributed by atoms with van der Waals surface area (Å²) in [5.41, 5.74) is 1.41. The highest BCUT2D eigenvalue weighted by atomic mass is 127. The molecule has 3 rings (SSSR count). The maximum Gasteiger partial charge on any atom is 0.191 e. The number of hydrogen-bond donors (Lipinski definition) is 2. The van der Waals surface area contributed by atoms with Crippen molar-refractivity contribution in [3.8, 4) is 0 Å². The number of aliphatic imine (C=N–C) groups is 1. The van der Waals surface area contributed by atoms with Gasteiger partial charge in [0.1, 0.15) is 0 Å². The summed E-state index contributed by atoms with van der Waals surface area (Å²) in [5, 5.41) is 7.20. The monoisotopic (exact) mass is 541 g/mol. The summed E-state index contributed by atoms with van der Waals surface area (Å²) < 4.78 is 0. The summed E-state index contributed by atoms with van der Waals surface area (Å²) in [6.45, 7) is 11.8. The average molecular weight is 542 g/mol. The van der Waals surface area contributed by atoms with Crippen molar-refractivity contribution < 1.29 is 0 Å². The molecule has 5 nitrogen and oxygen atoms in total. The lowest BCUT2D eigenvalue weighted by Crippen LogP contribution is -2.51.